The van der Waals surface area contributed by atoms with Gasteiger partial charge < -0.3 is 15.1 Å². The Morgan fingerprint density at radius 2 is 1.60 bits per heavy atom. The number of aryl methyl sites for hydroxylation is 2. The van der Waals surface area contributed by atoms with Crippen LogP contribution in [-0.4, -0.2) is 46.7 Å². The van der Waals surface area contributed by atoms with Crippen LogP contribution in [0.25, 0.3) is 0 Å². The maximum absolute atomic E-state index is 12.4. The topological polar surface area (TPSA) is 69.7 Å². The summed E-state index contributed by atoms with van der Waals surface area (Å²) in [6.07, 6.45) is 0. The van der Waals surface area contributed by atoms with E-state index in [0.717, 1.165) is 11.1 Å². The van der Waals surface area contributed by atoms with Gasteiger partial charge in [-0.15, -0.1) is 0 Å². The third kappa shape index (κ3) is 4.87. The van der Waals surface area contributed by atoms with Gasteiger partial charge in [-0.05, 0) is 62.1 Å². The van der Waals surface area contributed by atoms with Crippen LogP contribution in [0.1, 0.15) is 46.5 Å². The number of carbonyl (C=O) groups excluding carboxylic acids is 3. The lowest BCUT2D eigenvalue weighted by atomic mass is 10.1. The number of hydrogen-bond acceptors (Lipinski definition) is 3. The van der Waals surface area contributed by atoms with Gasteiger partial charge in [0.1, 0.15) is 0 Å². The van der Waals surface area contributed by atoms with Crippen molar-refractivity contribution in [1.82, 2.24) is 15.1 Å². The molecule has 2 aromatic rings. The van der Waals surface area contributed by atoms with Gasteiger partial charge in [0, 0.05) is 37.8 Å². The molecule has 0 saturated carbocycles. The average molecular weight is 408 g/mol. The average Bonchev–Trinajstić information content (AvgIpc) is 2.72. The zero-order valence-corrected chi connectivity index (χ0v) is 18.1. The van der Waals surface area contributed by atoms with Crippen LogP contribution in [0.4, 0.5) is 0 Å². The summed E-state index contributed by atoms with van der Waals surface area (Å²) in [5.74, 6) is -1.06. The van der Waals surface area contributed by atoms with Gasteiger partial charge >= 0.3 is 11.8 Å². The monoisotopic (exact) mass is 407 g/mol. The molecule has 1 aliphatic rings. The Morgan fingerprint density at radius 1 is 0.933 bits per heavy atom. The summed E-state index contributed by atoms with van der Waals surface area (Å²) in [7, 11) is 0. The molecule has 1 aliphatic heterocycles. The van der Waals surface area contributed by atoms with Crippen molar-refractivity contribution < 1.29 is 14.4 Å². The number of amides is 3. The second-order valence-corrected chi connectivity index (χ2v) is 8.12. The van der Waals surface area contributed by atoms with Gasteiger partial charge in [0.25, 0.3) is 5.91 Å². The van der Waals surface area contributed by atoms with Gasteiger partial charge in [-0.25, -0.2) is 0 Å². The number of benzene rings is 2. The Morgan fingerprint density at radius 3 is 2.23 bits per heavy atom. The van der Waals surface area contributed by atoms with E-state index in [0.29, 0.717) is 31.7 Å². The molecule has 0 unspecified atom stereocenters. The minimum absolute atomic E-state index is 0.0187. The smallest absolute Gasteiger partial charge is 0.312 e. The van der Waals surface area contributed by atoms with Gasteiger partial charge in [0.05, 0.1) is 0 Å². The molecule has 1 heterocycles. The highest BCUT2D eigenvalue weighted by Crippen LogP contribution is 2.14. The fourth-order valence-electron chi connectivity index (χ4n) is 3.51. The lowest BCUT2D eigenvalue weighted by molar-refractivity contribution is -0.157. The third-order valence-corrected chi connectivity index (χ3v) is 5.58. The Kier molecular flexibility index (Phi) is 6.55. The lowest BCUT2D eigenvalue weighted by Crippen LogP contribution is -2.55. The van der Waals surface area contributed by atoms with E-state index < -0.39 is 11.8 Å². The van der Waals surface area contributed by atoms with Crippen molar-refractivity contribution in [2.24, 2.45) is 0 Å². The first-order valence-corrected chi connectivity index (χ1v) is 10.3. The number of nitrogens with one attached hydrogen (secondary N) is 1. The molecule has 3 rings (SSSR count). The zero-order valence-electron chi connectivity index (χ0n) is 18.1. The fourth-order valence-corrected chi connectivity index (χ4v) is 3.51. The number of nitrogens with zero attached hydrogens (tertiary/aromatic N) is 2. The van der Waals surface area contributed by atoms with Crippen molar-refractivity contribution in [2.45, 2.75) is 46.8 Å². The third-order valence-electron chi connectivity index (χ3n) is 5.58. The van der Waals surface area contributed by atoms with Crippen LogP contribution in [0.15, 0.2) is 42.5 Å². The van der Waals surface area contributed by atoms with Gasteiger partial charge in [-0.1, -0.05) is 30.3 Å². The number of hydrogen-bond donors (Lipinski definition) is 1. The first-order chi connectivity index (χ1) is 14.3. The normalized spacial score (nSPS) is 14.4. The minimum atomic E-state index is -0.467. The number of piperazine rings is 1. The summed E-state index contributed by atoms with van der Waals surface area (Å²) in [6.45, 7) is 9.82. The number of carbonyl (C=O) groups is 3. The van der Waals surface area contributed by atoms with Crippen LogP contribution < -0.4 is 5.32 Å². The zero-order chi connectivity index (χ0) is 21.8. The van der Waals surface area contributed by atoms with Crippen molar-refractivity contribution in [3.63, 3.8) is 0 Å². The highest BCUT2D eigenvalue weighted by molar-refractivity contribution is 6.35. The Bertz CT molecular complexity index is 951. The summed E-state index contributed by atoms with van der Waals surface area (Å²) >= 11 is 0. The molecule has 6 heteroatoms. The molecule has 0 aromatic heterocycles. The van der Waals surface area contributed by atoms with Gasteiger partial charge in [0.15, 0.2) is 0 Å². The second-order valence-electron chi connectivity index (χ2n) is 8.12. The van der Waals surface area contributed by atoms with E-state index in [9.17, 15) is 14.4 Å². The maximum Gasteiger partial charge on any atom is 0.312 e. The predicted molar refractivity (Wildman–Crippen MR) is 116 cm³/mol. The van der Waals surface area contributed by atoms with E-state index >= 15 is 0 Å². The molecular weight excluding hydrogens is 378 g/mol. The molecule has 0 atom stereocenters. The Labute approximate surface area is 177 Å². The Hall–Kier alpha value is -3.15. The molecule has 3 amide bonds. The molecule has 0 radical (unpaired) electrons. The first-order valence-electron chi connectivity index (χ1n) is 10.3. The molecule has 1 N–H and O–H groups in total. The maximum atomic E-state index is 12.4. The van der Waals surface area contributed by atoms with Crippen LogP contribution in [0.3, 0.4) is 0 Å². The van der Waals surface area contributed by atoms with E-state index in [2.05, 4.69) is 31.3 Å². The van der Waals surface area contributed by atoms with Crippen LogP contribution in [0.5, 0.6) is 0 Å². The predicted octanol–water partition coefficient (Wildman–Crippen LogP) is 2.81. The molecule has 0 bridgehead atoms. The molecule has 0 aliphatic carbocycles. The molecule has 0 spiro atoms. The van der Waals surface area contributed by atoms with Crippen molar-refractivity contribution >= 4 is 17.7 Å². The quantitative estimate of drug-likeness (QED) is 0.749. The Balaban J connectivity index is 1.57. The lowest BCUT2D eigenvalue weighted by Gasteiger charge is -2.36. The van der Waals surface area contributed by atoms with Crippen molar-refractivity contribution in [3.05, 3.63) is 70.3 Å². The highest BCUT2D eigenvalue weighted by atomic mass is 16.2. The summed E-state index contributed by atoms with van der Waals surface area (Å²) < 4.78 is 0. The van der Waals surface area contributed by atoms with Gasteiger partial charge in [-0.3, -0.25) is 14.4 Å². The van der Waals surface area contributed by atoms with Gasteiger partial charge in [-0.2, -0.15) is 0 Å². The molecule has 158 valence electrons. The van der Waals surface area contributed by atoms with Crippen molar-refractivity contribution in [1.29, 1.82) is 0 Å². The van der Waals surface area contributed by atoms with Crippen LogP contribution in [0, 0.1) is 13.8 Å². The fraction of sp³-hybridized carbons (Fsp3) is 0.375. The SMILES string of the molecule is Cc1ccc(CNC(=O)c2ccc(CN3CCN(C(C)C)C(=O)C3=O)cc2)cc1C. The number of rotatable bonds is 6. The molecule has 30 heavy (non-hydrogen) atoms. The molecule has 1 saturated heterocycles. The molecule has 2 aromatic carbocycles. The van der Waals surface area contributed by atoms with Crippen molar-refractivity contribution in [2.75, 3.05) is 13.1 Å². The van der Waals surface area contributed by atoms with E-state index in [-0.39, 0.29) is 11.9 Å². The summed E-state index contributed by atoms with van der Waals surface area (Å²) in [4.78, 5) is 40.2. The van der Waals surface area contributed by atoms with Crippen LogP contribution in [0.2, 0.25) is 0 Å². The van der Waals surface area contributed by atoms with E-state index in [1.54, 1.807) is 21.9 Å². The second kappa shape index (κ2) is 9.11. The molecular formula is C24H29N3O3. The molecule has 1 fully saturated rings. The summed E-state index contributed by atoms with van der Waals surface area (Å²) in [5.41, 5.74) is 4.95. The van der Waals surface area contributed by atoms with E-state index in [1.165, 1.54) is 11.1 Å². The van der Waals surface area contributed by atoms with Crippen LogP contribution in [-0.2, 0) is 22.7 Å². The van der Waals surface area contributed by atoms with Crippen LogP contribution >= 0.6 is 0 Å². The van der Waals surface area contributed by atoms with E-state index in [4.69, 9.17) is 0 Å². The van der Waals surface area contributed by atoms with E-state index in [1.807, 2.05) is 32.0 Å². The summed E-state index contributed by atoms with van der Waals surface area (Å²) in [5, 5.41) is 2.94. The minimum Gasteiger partial charge on any atom is -0.348 e. The standard InChI is InChI=1S/C24H29N3O3/c1-16(2)27-12-11-26(23(29)24(27)30)15-19-7-9-21(10-8-19)22(28)25-14-20-6-5-17(3)18(4)13-20/h5-10,13,16H,11-12,14-15H2,1-4H3,(H,25,28). The highest BCUT2D eigenvalue weighted by Gasteiger charge is 2.33. The summed E-state index contributed by atoms with van der Waals surface area (Å²) in [6, 6.07) is 13.3. The largest absolute Gasteiger partial charge is 0.348 e. The first kappa shape index (κ1) is 21.6. The van der Waals surface area contributed by atoms with Crippen molar-refractivity contribution in [3.8, 4) is 0 Å². The molecule has 6 nitrogen and oxygen atoms in total. The van der Waals surface area contributed by atoms with Gasteiger partial charge in [0.2, 0.25) is 0 Å².